The predicted molar refractivity (Wildman–Crippen MR) is 77.6 cm³/mol. The average Bonchev–Trinajstić information content (AvgIpc) is 2.27. The highest BCUT2D eigenvalue weighted by atomic mass is 35.5. The summed E-state index contributed by atoms with van der Waals surface area (Å²) in [5, 5.41) is 0.163. The molecule has 2 atom stereocenters. The van der Waals surface area contributed by atoms with Crippen LogP contribution in [0.4, 0.5) is 5.69 Å². The van der Waals surface area contributed by atoms with E-state index in [0.29, 0.717) is 5.92 Å². The molecule has 1 saturated carbocycles. The second-order valence-corrected chi connectivity index (χ2v) is 7.31. The number of anilines is 1. The Hall–Kier alpha value is -0.780. The largest absolute Gasteiger partial charge is 0.398 e. The molecule has 2 unspecified atom stereocenters. The number of nitrogen functional groups attached to an aromatic ring is 1. The zero-order chi connectivity index (χ0) is 14.0. The summed E-state index contributed by atoms with van der Waals surface area (Å²) in [7, 11) is -3.65. The highest BCUT2D eigenvalue weighted by molar-refractivity contribution is 7.89. The Kier molecular flexibility index (Phi) is 4.38. The topological polar surface area (TPSA) is 72.2 Å². The summed E-state index contributed by atoms with van der Waals surface area (Å²) >= 11 is 5.96. The fraction of sp³-hybridized carbons (Fsp3) is 0.538. The molecular weight excluding hydrogens is 284 g/mol. The van der Waals surface area contributed by atoms with Gasteiger partial charge in [-0.2, -0.15) is 0 Å². The molecule has 106 valence electrons. The van der Waals surface area contributed by atoms with Crippen LogP contribution in [0.1, 0.15) is 32.6 Å². The molecule has 1 aromatic carbocycles. The Morgan fingerprint density at radius 1 is 1.37 bits per heavy atom. The van der Waals surface area contributed by atoms with E-state index in [1.807, 2.05) is 0 Å². The van der Waals surface area contributed by atoms with E-state index in [9.17, 15) is 8.42 Å². The first kappa shape index (κ1) is 14.6. The van der Waals surface area contributed by atoms with Gasteiger partial charge in [-0.1, -0.05) is 37.4 Å². The van der Waals surface area contributed by atoms with Crippen molar-refractivity contribution in [2.24, 2.45) is 5.92 Å². The number of hydrogen-bond acceptors (Lipinski definition) is 3. The molecule has 0 saturated heterocycles. The lowest BCUT2D eigenvalue weighted by Gasteiger charge is -2.27. The van der Waals surface area contributed by atoms with Crippen molar-refractivity contribution in [1.29, 1.82) is 0 Å². The minimum atomic E-state index is -3.65. The number of sulfonamides is 1. The summed E-state index contributed by atoms with van der Waals surface area (Å²) in [6.45, 7) is 2.14. The molecule has 19 heavy (non-hydrogen) atoms. The van der Waals surface area contributed by atoms with Gasteiger partial charge in [-0.05, 0) is 30.9 Å². The molecule has 3 N–H and O–H groups in total. The molecule has 1 fully saturated rings. The first-order valence-corrected chi connectivity index (χ1v) is 8.32. The third-order valence-corrected chi connectivity index (χ3v) is 5.59. The van der Waals surface area contributed by atoms with E-state index in [0.717, 1.165) is 25.7 Å². The quantitative estimate of drug-likeness (QED) is 0.843. The summed E-state index contributed by atoms with van der Waals surface area (Å²) in [6, 6.07) is 4.70. The summed E-state index contributed by atoms with van der Waals surface area (Å²) in [6.07, 6.45) is 3.94. The van der Waals surface area contributed by atoms with Crippen molar-refractivity contribution in [3.8, 4) is 0 Å². The number of nitrogens with two attached hydrogens (primary N) is 1. The van der Waals surface area contributed by atoms with Crippen molar-refractivity contribution in [3.63, 3.8) is 0 Å². The molecule has 1 aliphatic rings. The van der Waals surface area contributed by atoms with Crippen molar-refractivity contribution in [2.45, 2.75) is 43.5 Å². The molecule has 0 spiro atoms. The van der Waals surface area contributed by atoms with Crippen molar-refractivity contribution in [2.75, 3.05) is 5.73 Å². The van der Waals surface area contributed by atoms with Crippen LogP contribution in [0, 0.1) is 5.92 Å². The second-order valence-electron chi connectivity index (χ2n) is 5.25. The van der Waals surface area contributed by atoms with Gasteiger partial charge in [-0.15, -0.1) is 0 Å². The van der Waals surface area contributed by atoms with Gasteiger partial charge in [0.2, 0.25) is 10.0 Å². The molecule has 0 amide bonds. The molecule has 0 radical (unpaired) electrons. The molecule has 2 rings (SSSR count). The van der Waals surface area contributed by atoms with Gasteiger partial charge in [0.25, 0.3) is 0 Å². The maximum absolute atomic E-state index is 12.4. The van der Waals surface area contributed by atoms with Crippen molar-refractivity contribution in [1.82, 2.24) is 4.72 Å². The Balaban J connectivity index is 2.23. The fourth-order valence-electron chi connectivity index (χ4n) is 2.63. The summed E-state index contributed by atoms with van der Waals surface area (Å²) in [4.78, 5) is -0.00473. The molecule has 4 nitrogen and oxygen atoms in total. The third-order valence-electron chi connectivity index (χ3n) is 3.52. The lowest BCUT2D eigenvalue weighted by atomic mass is 9.88. The molecule has 6 heteroatoms. The van der Waals surface area contributed by atoms with Crippen LogP contribution in [0.2, 0.25) is 5.02 Å². The minimum absolute atomic E-state index is 0.00473. The summed E-state index contributed by atoms with van der Waals surface area (Å²) in [5.74, 6) is 0.546. The number of benzene rings is 1. The maximum atomic E-state index is 12.4. The third kappa shape index (κ3) is 3.41. The van der Waals surface area contributed by atoms with Crippen LogP contribution in [0.3, 0.4) is 0 Å². The van der Waals surface area contributed by atoms with E-state index in [-0.39, 0.29) is 21.6 Å². The highest BCUT2D eigenvalue weighted by Gasteiger charge is 2.27. The second kappa shape index (κ2) is 5.69. The van der Waals surface area contributed by atoms with E-state index in [1.165, 1.54) is 6.07 Å². The summed E-state index contributed by atoms with van der Waals surface area (Å²) in [5.41, 5.74) is 5.92. The summed E-state index contributed by atoms with van der Waals surface area (Å²) < 4.78 is 27.5. The van der Waals surface area contributed by atoms with Gasteiger partial charge in [0.1, 0.15) is 4.90 Å². The van der Waals surface area contributed by atoms with Gasteiger partial charge >= 0.3 is 0 Å². The number of halogens is 1. The number of rotatable bonds is 3. The van der Waals surface area contributed by atoms with E-state index >= 15 is 0 Å². The van der Waals surface area contributed by atoms with Gasteiger partial charge in [0.15, 0.2) is 0 Å². The van der Waals surface area contributed by atoms with Crippen molar-refractivity contribution >= 4 is 27.3 Å². The van der Waals surface area contributed by atoms with Crippen LogP contribution in [-0.2, 0) is 10.0 Å². The minimum Gasteiger partial charge on any atom is -0.398 e. The molecule has 0 aromatic heterocycles. The molecule has 1 aliphatic carbocycles. The van der Waals surface area contributed by atoms with Crippen molar-refractivity contribution in [3.05, 3.63) is 23.2 Å². The van der Waals surface area contributed by atoms with Gasteiger partial charge < -0.3 is 5.73 Å². The lowest BCUT2D eigenvalue weighted by molar-refractivity contribution is 0.327. The highest BCUT2D eigenvalue weighted by Crippen LogP contribution is 2.29. The SMILES string of the molecule is CC1CCCC(NS(=O)(=O)c2c(N)cccc2Cl)C1. The van der Waals surface area contributed by atoms with Crippen LogP contribution < -0.4 is 10.5 Å². The zero-order valence-corrected chi connectivity index (χ0v) is 12.5. The molecule has 0 heterocycles. The Morgan fingerprint density at radius 3 is 2.74 bits per heavy atom. The predicted octanol–water partition coefficient (Wildman–Crippen LogP) is 2.78. The Bertz CT molecular complexity index is 540. The van der Waals surface area contributed by atoms with E-state index in [4.69, 9.17) is 17.3 Å². The average molecular weight is 303 g/mol. The number of hydrogen-bond donors (Lipinski definition) is 2. The van der Waals surface area contributed by atoms with Crippen LogP contribution in [0.25, 0.3) is 0 Å². The van der Waals surface area contributed by atoms with E-state index in [1.54, 1.807) is 12.1 Å². The Morgan fingerprint density at radius 2 is 2.11 bits per heavy atom. The van der Waals surface area contributed by atoms with Crippen molar-refractivity contribution < 1.29 is 8.42 Å². The first-order valence-electron chi connectivity index (χ1n) is 6.46. The lowest BCUT2D eigenvalue weighted by Crippen LogP contribution is -2.38. The van der Waals surface area contributed by atoms with Gasteiger partial charge in [-0.25, -0.2) is 13.1 Å². The molecule has 0 bridgehead atoms. The van der Waals surface area contributed by atoms with Gasteiger partial charge in [0.05, 0.1) is 10.7 Å². The smallest absolute Gasteiger partial charge is 0.244 e. The monoisotopic (exact) mass is 302 g/mol. The standard InChI is InChI=1S/C13H19ClN2O2S/c1-9-4-2-5-10(8-9)16-19(17,18)13-11(14)6-3-7-12(13)15/h3,6-7,9-10,16H,2,4-5,8,15H2,1H3. The van der Waals surface area contributed by atoms with Gasteiger partial charge in [0, 0.05) is 6.04 Å². The first-order chi connectivity index (χ1) is 8.90. The number of nitrogens with one attached hydrogen (secondary N) is 1. The Labute approximate surface area is 119 Å². The normalized spacial score (nSPS) is 24.3. The zero-order valence-electron chi connectivity index (χ0n) is 10.9. The van der Waals surface area contributed by atoms with Crippen LogP contribution >= 0.6 is 11.6 Å². The van der Waals surface area contributed by atoms with Crippen LogP contribution in [0.15, 0.2) is 23.1 Å². The fourth-order valence-corrected chi connectivity index (χ4v) is 4.59. The van der Waals surface area contributed by atoms with Crippen LogP contribution in [-0.4, -0.2) is 14.5 Å². The molecule has 1 aromatic rings. The van der Waals surface area contributed by atoms with E-state index in [2.05, 4.69) is 11.6 Å². The van der Waals surface area contributed by atoms with Crippen LogP contribution in [0.5, 0.6) is 0 Å². The van der Waals surface area contributed by atoms with E-state index < -0.39 is 10.0 Å². The maximum Gasteiger partial charge on any atom is 0.244 e. The molecule has 0 aliphatic heterocycles. The molecular formula is C13H19ClN2O2S. The van der Waals surface area contributed by atoms with Gasteiger partial charge in [-0.3, -0.25) is 0 Å².